The molecule has 0 atom stereocenters. The predicted molar refractivity (Wildman–Crippen MR) is 94.9 cm³/mol. The zero-order chi connectivity index (χ0) is 15.7. The molecule has 0 aliphatic heterocycles. The van der Waals surface area contributed by atoms with Crippen LogP contribution in [-0.2, 0) is 16.8 Å². The Balaban J connectivity index is 2.24. The summed E-state index contributed by atoms with van der Waals surface area (Å²) in [6.45, 7) is 14.9. The lowest BCUT2D eigenvalue weighted by Crippen LogP contribution is -2.20. The van der Waals surface area contributed by atoms with E-state index in [0.29, 0.717) is 5.92 Å². The van der Waals surface area contributed by atoms with Gasteiger partial charge in [0.2, 0.25) is 0 Å². The van der Waals surface area contributed by atoms with Crippen LogP contribution in [0.25, 0.3) is 0 Å². The molecule has 2 rings (SSSR count). The van der Waals surface area contributed by atoms with Gasteiger partial charge in [-0.15, -0.1) is 0 Å². The Labute approximate surface area is 132 Å². The van der Waals surface area contributed by atoms with Crippen molar-refractivity contribution >= 4 is 8.07 Å². The van der Waals surface area contributed by atoms with Crippen molar-refractivity contribution in [2.75, 3.05) is 6.61 Å². The smallest absolute Gasteiger partial charge is 0.0936 e. The van der Waals surface area contributed by atoms with Gasteiger partial charge in [0.15, 0.2) is 0 Å². The molecule has 1 saturated carbocycles. The number of hydrogen-bond acceptors (Lipinski definition) is 1. The van der Waals surface area contributed by atoms with E-state index in [1.165, 1.54) is 42.0 Å². The molecule has 1 nitrogen and oxygen atoms in total. The Bertz CT molecular complexity index is 481. The topological polar surface area (TPSA) is 9.23 Å². The molecule has 0 bridgehead atoms. The third kappa shape index (κ3) is 4.20. The Kier molecular flexibility index (Phi) is 4.99. The molecule has 1 aliphatic carbocycles. The van der Waals surface area contributed by atoms with Crippen molar-refractivity contribution in [2.45, 2.75) is 77.2 Å². The number of hydrogen-bond donors (Lipinski definition) is 0. The summed E-state index contributed by atoms with van der Waals surface area (Å²) in [5.41, 5.74) is 4.52. The van der Waals surface area contributed by atoms with Crippen LogP contribution in [0.4, 0.5) is 0 Å². The summed E-state index contributed by atoms with van der Waals surface area (Å²) in [5, 5.41) is 0. The van der Waals surface area contributed by atoms with Crippen LogP contribution < -0.4 is 0 Å². The Morgan fingerprint density at radius 1 is 1.19 bits per heavy atom. The molecule has 1 aromatic rings. The van der Waals surface area contributed by atoms with Crippen molar-refractivity contribution in [3.8, 4) is 0 Å². The van der Waals surface area contributed by atoms with Crippen LogP contribution in [0.3, 0.4) is 0 Å². The van der Waals surface area contributed by atoms with E-state index in [-0.39, 0.29) is 5.60 Å². The molecule has 0 aromatic heterocycles. The van der Waals surface area contributed by atoms with Crippen molar-refractivity contribution in [3.05, 3.63) is 34.9 Å². The Morgan fingerprint density at radius 2 is 1.86 bits per heavy atom. The summed E-state index contributed by atoms with van der Waals surface area (Å²) in [4.78, 5) is 0. The maximum atomic E-state index is 6.08. The molecule has 2 heteroatoms. The van der Waals surface area contributed by atoms with Crippen LogP contribution in [0.1, 0.15) is 56.2 Å². The van der Waals surface area contributed by atoms with E-state index in [9.17, 15) is 0 Å². The van der Waals surface area contributed by atoms with Crippen LogP contribution in [0, 0.1) is 0 Å². The highest BCUT2D eigenvalue weighted by Crippen LogP contribution is 2.51. The summed E-state index contributed by atoms with van der Waals surface area (Å²) < 4.78 is 6.08. The lowest BCUT2D eigenvalue weighted by molar-refractivity contribution is 0.0387. The van der Waals surface area contributed by atoms with Crippen molar-refractivity contribution < 1.29 is 4.74 Å². The molecule has 1 fully saturated rings. The standard InChI is InChI=1S/C19H32OSi/c1-7-20-19(11-12-19)18-9-8-16(10-13-21(4,5)6)14-17(18)15(2)3/h8-9,14-15H,7,10-13H2,1-6H3. The first kappa shape index (κ1) is 16.8. The van der Waals surface area contributed by atoms with Gasteiger partial charge in [-0.05, 0) is 48.8 Å². The molecule has 0 spiro atoms. The summed E-state index contributed by atoms with van der Waals surface area (Å²) in [7, 11) is -0.960. The van der Waals surface area contributed by atoms with Gasteiger partial charge in [-0.2, -0.15) is 0 Å². The second-order valence-corrected chi connectivity index (χ2v) is 13.7. The maximum absolute atomic E-state index is 6.08. The molecular formula is C19H32OSi. The third-order valence-corrected chi connectivity index (χ3v) is 6.27. The van der Waals surface area contributed by atoms with E-state index in [4.69, 9.17) is 4.74 Å². The van der Waals surface area contributed by atoms with Gasteiger partial charge in [0.1, 0.15) is 0 Å². The lowest BCUT2D eigenvalue weighted by atomic mass is 9.90. The van der Waals surface area contributed by atoms with Crippen LogP contribution in [0.5, 0.6) is 0 Å². The van der Waals surface area contributed by atoms with Crippen molar-refractivity contribution in [1.29, 1.82) is 0 Å². The minimum Gasteiger partial charge on any atom is -0.371 e. The lowest BCUT2D eigenvalue weighted by Gasteiger charge is -2.23. The first-order valence-electron chi connectivity index (χ1n) is 8.55. The van der Waals surface area contributed by atoms with Crippen molar-refractivity contribution in [3.63, 3.8) is 0 Å². The summed E-state index contributed by atoms with van der Waals surface area (Å²) >= 11 is 0. The van der Waals surface area contributed by atoms with Crippen LogP contribution in [-0.4, -0.2) is 14.7 Å². The van der Waals surface area contributed by atoms with Gasteiger partial charge >= 0.3 is 0 Å². The quantitative estimate of drug-likeness (QED) is 0.586. The molecule has 0 N–H and O–H groups in total. The molecule has 0 saturated heterocycles. The average Bonchev–Trinajstić information content (AvgIpc) is 3.16. The molecular weight excluding hydrogens is 272 g/mol. The number of ether oxygens (including phenoxy) is 1. The number of rotatable bonds is 7. The fourth-order valence-corrected chi connectivity index (χ4v) is 4.10. The highest BCUT2D eigenvalue weighted by Gasteiger charge is 2.46. The zero-order valence-electron chi connectivity index (χ0n) is 14.8. The number of aryl methyl sites for hydroxylation is 1. The van der Waals surface area contributed by atoms with Crippen LogP contribution in [0.2, 0.25) is 25.7 Å². The van der Waals surface area contributed by atoms with Gasteiger partial charge in [-0.1, -0.05) is 57.7 Å². The first-order chi connectivity index (χ1) is 9.77. The van der Waals surface area contributed by atoms with E-state index >= 15 is 0 Å². The minimum absolute atomic E-state index is 0.0473. The Morgan fingerprint density at radius 3 is 2.33 bits per heavy atom. The summed E-state index contributed by atoms with van der Waals surface area (Å²) in [6, 6.07) is 8.54. The molecule has 0 radical (unpaired) electrons. The summed E-state index contributed by atoms with van der Waals surface area (Å²) in [5.74, 6) is 0.574. The van der Waals surface area contributed by atoms with E-state index in [1.54, 1.807) is 0 Å². The van der Waals surface area contributed by atoms with Gasteiger partial charge < -0.3 is 4.74 Å². The normalized spacial score (nSPS) is 17.3. The molecule has 1 aliphatic rings. The van der Waals surface area contributed by atoms with Gasteiger partial charge in [0.05, 0.1) is 5.60 Å². The SMILES string of the molecule is CCOC1(c2ccc(CC[Si](C)(C)C)cc2C(C)C)CC1. The first-order valence-corrected chi connectivity index (χ1v) is 12.3. The fraction of sp³-hybridized carbons (Fsp3) is 0.684. The van der Waals surface area contributed by atoms with Gasteiger partial charge in [-0.25, -0.2) is 0 Å². The minimum atomic E-state index is -0.960. The molecule has 0 unspecified atom stereocenters. The van der Waals surface area contributed by atoms with Crippen LogP contribution >= 0.6 is 0 Å². The fourth-order valence-electron chi connectivity index (χ4n) is 3.06. The van der Waals surface area contributed by atoms with Crippen molar-refractivity contribution in [2.24, 2.45) is 0 Å². The van der Waals surface area contributed by atoms with E-state index < -0.39 is 8.07 Å². The van der Waals surface area contributed by atoms with Crippen molar-refractivity contribution in [1.82, 2.24) is 0 Å². The molecule has 0 amide bonds. The molecule has 21 heavy (non-hydrogen) atoms. The average molecular weight is 305 g/mol. The second kappa shape index (κ2) is 6.25. The summed E-state index contributed by atoms with van der Waals surface area (Å²) in [6.07, 6.45) is 3.61. The second-order valence-electron chi connectivity index (χ2n) is 8.06. The van der Waals surface area contributed by atoms with E-state index in [2.05, 4.69) is 58.6 Å². The largest absolute Gasteiger partial charge is 0.371 e. The van der Waals surface area contributed by atoms with E-state index in [0.717, 1.165) is 6.61 Å². The zero-order valence-corrected chi connectivity index (χ0v) is 15.8. The van der Waals surface area contributed by atoms with Crippen LogP contribution in [0.15, 0.2) is 18.2 Å². The molecule has 0 heterocycles. The number of benzene rings is 1. The van der Waals surface area contributed by atoms with E-state index in [1.807, 2.05) is 0 Å². The predicted octanol–water partition coefficient (Wildman–Crippen LogP) is 5.72. The molecule has 1 aromatic carbocycles. The highest BCUT2D eigenvalue weighted by atomic mass is 28.3. The van der Waals surface area contributed by atoms with Gasteiger partial charge in [-0.3, -0.25) is 0 Å². The molecule has 118 valence electrons. The van der Waals surface area contributed by atoms with Gasteiger partial charge in [0.25, 0.3) is 0 Å². The monoisotopic (exact) mass is 304 g/mol. The van der Waals surface area contributed by atoms with Gasteiger partial charge in [0, 0.05) is 14.7 Å². The Hall–Kier alpha value is -0.603. The third-order valence-electron chi connectivity index (χ3n) is 4.52. The highest BCUT2D eigenvalue weighted by molar-refractivity contribution is 6.76. The maximum Gasteiger partial charge on any atom is 0.0936 e.